The molecule has 22 heavy (non-hydrogen) atoms. The first-order valence-corrected chi connectivity index (χ1v) is 6.27. The molecule has 0 amide bonds. The molecule has 0 spiro atoms. The van der Waals surface area contributed by atoms with Gasteiger partial charge in [-0.05, 0) is 12.1 Å². The Hall–Kier alpha value is -2.58. The summed E-state index contributed by atoms with van der Waals surface area (Å²) in [7, 11) is 3.16. The van der Waals surface area contributed by atoms with Gasteiger partial charge in [-0.25, -0.2) is 4.98 Å². The number of halogens is 3. The Kier molecular flexibility index (Phi) is 4.34. The van der Waals surface area contributed by atoms with Crippen molar-refractivity contribution in [2.24, 2.45) is 0 Å². The van der Waals surface area contributed by atoms with E-state index in [1.54, 1.807) is 20.2 Å². The van der Waals surface area contributed by atoms with E-state index in [9.17, 15) is 18.3 Å². The standard InChI is InChI=1S/C13H14F3N5O/c1-21(2)11-6-10(13(14,15)16)19-12(20-11)18-7-8-9(22)4-3-5-17-8/h3-6,22H,7H2,1-2H3,(H,18,19,20). The van der Waals surface area contributed by atoms with E-state index in [1.165, 1.54) is 17.2 Å². The second kappa shape index (κ2) is 6.04. The Bertz CT molecular complexity index is 660. The average molecular weight is 313 g/mol. The van der Waals surface area contributed by atoms with Gasteiger partial charge >= 0.3 is 6.18 Å². The van der Waals surface area contributed by atoms with Crippen molar-refractivity contribution in [2.75, 3.05) is 24.3 Å². The lowest BCUT2D eigenvalue weighted by molar-refractivity contribution is -0.141. The molecule has 0 aromatic carbocycles. The smallest absolute Gasteiger partial charge is 0.433 e. The van der Waals surface area contributed by atoms with E-state index in [2.05, 4.69) is 20.3 Å². The predicted molar refractivity (Wildman–Crippen MR) is 74.6 cm³/mol. The van der Waals surface area contributed by atoms with E-state index in [4.69, 9.17) is 0 Å². The molecular weight excluding hydrogens is 299 g/mol. The second-order valence-corrected chi connectivity index (χ2v) is 4.65. The number of aromatic nitrogens is 3. The SMILES string of the molecule is CN(C)c1cc(C(F)(F)F)nc(NCc2ncccc2O)n1. The molecular formula is C13H14F3N5O. The van der Waals surface area contributed by atoms with Gasteiger partial charge in [-0.3, -0.25) is 4.98 Å². The number of alkyl halides is 3. The molecule has 0 unspecified atom stereocenters. The molecule has 0 aliphatic carbocycles. The van der Waals surface area contributed by atoms with Gasteiger partial charge in [-0.15, -0.1) is 0 Å². The first kappa shape index (κ1) is 15.8. The van der Waals surface area contributed by atoms with Gasteiger partial charge in [0, 0.05) is 26.4 Å². The highest BCUT2D eigenvalue weighted by Gasteiger charge is 2.34. The minimum atomic E-state index is -4.57. The summed E-state index contributed by atoms with van der Waals surface area (Å²) in [4.78, 5) is 12.8. The molecule has 0 saturated heterocycles. The van der Waals surface area contributed by atoms with Crippen LogP contribution in [0.1, 0.15) is 11.4 Å². The zero-order chi connectivity index (χ0) is 16.3. The summed E-state index contributed by atoms with van der Waals surface area (Å²) in [5, 5.41) is 12.2. The second-order valence-electron chi connectivity index (χ2n) is 4.65. The maximum atomic E-state index is 12.8. The molecule has 6 nitrogen and oxygen atoms in total. The Balaban J connectivity index is 2.27. The highest BCUT2D eigenvalue weighted by atomic mass is 19.4. The van der Waals surface area contributed by atoms with E-state index in [0.717, 1.165) is 6.07 Å². The van der Waals surface area contributed by atoms with Crippen molar-refractivity contribution in [1.82, 2.24) is 15.0 Å². The fourth-order valence-corrected chi connectivity index (χ4v) is 1.62. The number of hydrogen-bond acceptors (Lipinski definition) is 6. The van der Waals surface area contributed by atoms with Crippen molar-refractivity contribution in [2.45, 2.75) is 12.7 Å². The topological polar surface area (TPSA) is 74.2 Å². The molecule has 0 saturated carbocycles. The van der Waals surface area contributed by atoms with E-state index < -0.39 is 11.9 Å². The number of rotatable bonds is 4. The van der Waals surface area contributed by atoms with Gasteiger partial charge < -0.3 is 15.3 Å². The van der Waals surface area contributed by atoms with Crippen molar-refractivity contribution in [3.8, 4) is 5.75 Å². The number of pyridine rings is 1. The summed E-state index contributed by atoms with van der Waals surface area (Å²) < 4.78 is 38.5. The first-order chi connectivity index (χ1) is 10.3. The van der Waals surface area contributed by atoms with Crippen molar-refractivity contribution in [3.05, 3.63) is 35.8 Å². The van der Waals surface area contributed by atoms with Crippen LogP contribution in [0.2, 0.25) is 0 Å². The maximum Gasteiger partial charge on any atom is 0.433 e. The molecule has 0 radical (unpaired) electrons. The normalized spacial score (nSPS) is 11.3. The Morgan fingerprint density at radius 2 is 2.00 bits per heavy atom. The Labute approximate surface area is 124 Å². The third-order valence-electron chi connectivity index (χ3n) is 2.74. The third-order valence-corrected chi connectivity index (χ3v) is 2.74. The summed E-state index contributed by atoms with van der Waals surface area (Å²) in [6.45, 7) is 0.000846. The molecule has 0 aliphatic rings. The van der Waals surface area contributed by atoms with Gasteiger partial charge in [-0.2, -0.15) is 18.2 Å². The van der Waals surface area contributed by atoms with Crippen molar-refractivity contribution < 1.29 is 18.3 Å². The summed E-state index contributed by atoms with van der Waals surface area (Å²) in [5.41, 5.74) is -0.756. The first-order valence-electron chi connectivity index (χ1n) is 6.27. The van der Waals surface area contributed by atoms with Gasteiger partial charge in [0.2, 0.25) is 5.95 Å². The van der Waals surface area contributed by atoms with Crippen LogP contribution < -0.4 is 10.2 Å². The summed E-state index contributed by atoms with van der Waals surface area (Å²) in [6, 6.07) is 3.84. The van der Waals surface area contributed by atoms with E-state index in [-0.39, 0.29) is 29.8 Å². The van der Waals surface area contributed by atoms with Crippen molar-refractivity contribution in [1.29, 1.82) is 0 Å². The predicted octanol–water partition coefficient (Wildman–Crippen LogP) is 2.27. The fourth-order valence-electron chi connectivity index (χ4n) is 1.62. The van der Waals surface area contributed by atoms with Gasteiger partial charge in [0.05, 0.1) is 6.54 Å². The molecule has 118 valence electrons. The quantitative estimate of drug-likeness (QED) is 0.902. The lowest BCUT2D eigenvalue weighted by Gasteiger charge is -2.16. The van der Waals surface area contributed by atoms with Crippen LogP contribution in [0.5, 0.6) is 5.75 Å². The van der Waals surface area contributed by atoms with E-state index in [0.29, 0.717) is 0 Å². The van der Waals surface area contributed by atoms with Crippen molar-refractivity contribution in [3.63, 3.8) is 0 Å². The minimum Gasteiger partial charge on any atom is -0.506 e. The van der Waals surface area contributed by atoms with Crippen LogP contribution in [0.15, 0.2) is 24.4 Å². The molecule has 2 aromatic heterocycles. The van der Waals surface area contributed by atoms with Crippen LogP contribution >= 0.6 is 0 Å². The molecule has 0 atom stereocenters. The van der Waals surface area contributed by atoms with E-state index >= 15 is 0 Å². The molecule has 2 rings (SSSR count). The zero-order valence-corrected chi connectivity index (χ0v) is 11.9. The Morgan fingerprint density at radius 1 is 1.27 bits per heavy atom. The number of nitrogens with one attached hydrogen (secondary N) is 1. The van der Waals surface area contributed by atoms with Gasteiger partial charge in [0.25, 0.3) is 0 Å². The summed E-state index contributed by atoms with van der Waals surface area (Å²) in [5.74, 6) is -0.131. The van der Waals surface area contributed by atoms with Gasteiger partial charge in [0.1, 0.15) is 17.3 Å². The molecule has 2 aromatic rings. The van der Waals surface area contributed by atoms with Crippen LogP contribution in [0.4, 0.5) is 24.9 Å². The summed E-state index contributed by atoms with van der Waals surface area (Å²) in [6.07, 6.45) is -3.10. The molecule has 0 fully saturated rings. The van der Waals surface area contributed by atoms with Crippen LogP contribution in [0, 0.1) is 0 Å². The molecule has 2 heterocycles. The average Bonchev–Trinajstić information content (AvgIpc) is 2.45. The van der Waals surface area contributed by atoms with Gasteiger partial charge in [-0.1, -0.05) is 0 Å². The van der Waals surface area contributed by atoms with Crippen LogP contribution in [0.25, 0.3) is 0 Å². The molecule has 9 heteroatoms. The lowest BCUT2D eigenvalue weighted by atomic mass is 10.3. The molecule has 2 N–H and O–H groups in total. The highest BCUT2D eigenvalue weighted by Crippen LogP contribution is 2.30. The van der Waals surface area contributed by atoms with Crippen molar-refractivity contribution >= 4 is 11.8 Å². The molecule has 0 bridgehead atoms. The monoisotopic (exact) mass is 313 g/mol. The maximum absolute atomic E-state index is 12.8. The van der Waals surface area contributed by atoms with Crippen LogP contribution in [-0.2, 0) is 12.7 Å². The zero-order valence-electron chi connectivity index (χ0n) is 11.9. The van der Waals surface area contributed by atoms with E-state index in [1.807, 2.05) is 0 Å². The lowest BCUT2D eigenvalue weighted by Crippen LogP contribution is -2.17. The number of aromatic hydroxyl groups is 1. The minimum absolute atomic E-state index is 0.000846. The third kappa shape index (κ3) is 3.74. The number of hydrogen-bond donors (Lipinski definition) is 2. The van der Waals surface area contributed by atoms with Crippen LogP contribution in [0.3, 0.4) is 0 Å². The number of anilines is 2. The summed E-state index contributed by atoms with van der Waals surface area (Å²) >= 11 is 0. The number of nitrogens with zero attached hydrogens (tertiary/aromatic N) is 4. The fraction of sp³-hybridized carbons (Fsp3) is 0.308. The van der Waals surface area contributed by atoms with Gasteiger partial charge in [0.15, 0.2) is 5.69 Å². The Morgan fingerprint density at radius 3 is 2.59 bits per heavy atom. The largest absolute Gasteiger partial charge is 0.506 e. The highest BCUT2D eigenvalue weighted by molar-refractivity contribution is 5.44. The van der Waals surface area contributed by atoms with Crippen LogP contribution in [-0.4, -0.2) is 34.2 Å². The molecule has 0 aliphatic heterocycles.